The molecule has 0 radical (unpaired) electrons. The van der Waals surface area contributed by atoms with E-state index < -0.39 is 17.7 Å². The molecule has 2 N–H and O–H groups in total. The van der Waals surface area contributed by atoms with Crippen LogP contribution < -0.4 is 10.1 Å². The second-order valence-corrected chi connectivity index (χ2v) is 12.3. The molecular formula is C35H34ClN3O6S. The van der Waals surface area contributed by atoms with Crippen molar-refractivity contribution in [1.82, 2.24) is 9.97 Å². The molecule has 5 rings (SSSR count). The molecule has 0 aliphatic carbocycles. The maximum Gasteiger partial charge on any atom is 0.413 e. The lowest BCUT2D eigenvalue weighted by atomic mass is 10.0. The Bertz CT molecular complexity index is 1790. The van der Waals surface area contributed by atoms with Crippen molar-refractivity contribution in [1.29, 1.82) is 0 Å². The molecule has 238 valence electrons. The largest absolute Gasteiger partial charge is 0.476 e. The Labute approximate surface area is 276 Å². The van der Waals surface area contributed by atoms with E-state index in [1.807, 2.05) is 36.4 Å². The summed E-state index contributed by atoms with van der Waals surface area (Å²) in [5.41, 5.74) is 1.61. The summed E-state index contributed by atoms with van der Waals surface area (Å²) in [5, 5.41) is 3.10. The number of hydrogen-bond acceptors (Lipinski definition) is 8. The molecular weight excluding hydrogens is 626 g/mol. The van der Waals surface area contributed by atoms with Crippen molar-refractivity contribution in [2.75, 3.05) is 12.4 Å². The number of halogens is 1. The SMILES string of the molecule is CC(C)OC(=O)C(C)(C)Oc1ccc(C(=O)c2ccc(Cl)cc2)cc1.COC(=O)Nc1nc2ccc(Sc3ccccc3)cc2[nH]1. The molecule has 0 aliphatic rings. The fourth-order valence-corrected chi connectivity index (χ4v) is 5.02. The highest BCUT2D eigenvalue weighted by molar-refractivity contribution is 7.99. The van der Waals surface area contributed by atoms with Gasteiger partial charge in [0.2, 0.25) is 5.95 Å². The number of ketones is 1. The summed E-state index contributed by atoms with van der Waals surface area (Å²) in [6.45, 7) is 6.85. The minimum absolute atomic E-state index is 0.110. The van der Waals surface area contributed by atoms with Crippen LogP contribution in [0.2, 0.25) is 5.02 Å². The lowest BCUT2D eigenvalue weighted by Crippen LogP contribution is -2.40. The minimum Gasteiger partial charge on any atom is -0.476 e. The van der Waals surface area contributed by atoms with Crippen LogP contribution >= 0.6 is 23.4 Å². The number of fused-ring (bicyclic) bond motifs is 1. The van der Waals surface area contributed by atoms with Crippen molar-refractivity contribution in [2.24, 2.45) is 0 Å². The van der Waals surface area contributed by atoms with Gasteiger partial charge >= 0.3 is 12.1 Å². The van der Waals surface area contributed by atoms with Gasteiger partial charge in [-0.3, -0.25) is 10.1 Å². The van der Waals surface area contributed by atoms with Crippen molar-refractivity contribution in [3.8, 4) is 5.75 Å². The smallest absolute Gasteiger partial charge is 0.413 e. The normalized spacial score (nSPS) is 10.9. The van der Waals surface area contributed by atoms with Gasteiger partial charge in [0.15, 0.2) is 11.4 Å². The first kappa shape index (κ1) is 34.1. The number of nitrogens with zero attached hydrogens (tertiary/aromatic N) is 1. The molecule has 9 nitrogen and oxygen atoms in total. The predicted octanol–water partition coefficient (Wildman–Crippen LogP) is 8.57. The van der Waals surface area contributed by atoms with Crippen LogP contribution in [-0.2, 0) is 14.3 Å². The van der Waals surface area contributed by atoms with E-state index in [1.54, 1.807) is 88.0 Å². The van der Waals surface area contributed by atoms with E-state index in [-0.39, 0.29) is 11.9 Å². The van der Waals surface area contributed by atoms with Gasteiger partial charge in [0.05, 0.1) is 24.2 Å². The number of methoxy groups -OCH3 is 1. The van der Waals surface area contributed by atoms with E-state index in [1.165, 1.54) is 12.0 Å². The number of hydrogen-bond donors (Lipinski definition) is 2. The molecule has 0 unspecified atom stereocenters. The Hall–Kier alpha value is -4.80. The van der Waals surface area contributed by atoms with Crippen LogP contribution in [0.15, 0.2) is 107 Å². The first-order valence-electron chi connectivity index (χ1n) is 14.3. The third-order valence-electron chi connectivity index (χ3n) is 6.27. The number of aromatic amines is 1. The van der Waals surface area contributed by atoms with Crippen molar-refractivity contribution in [3.63, 3.8) is 0 Å². The van der Waals surface area contributed by atoms with Crippen LogP contribution in [0.25, 0.3) is 11.0 Å². The molecule has 0 bridgehead atoms. The zero-order valence-corrected chi connectivity index (χ0v) is 27.6. The molecule has 5 aromatic rings. The van der Waals surface area contributed by atoms with E-state index in [4.69, 9.17) is 21.1 Å². The van der Waals surface area contributed by atoms with Crippen LogP contribution in [0.5, 0.6) is 5.75 Å². The fourth-order valence-electron chi connectivity index (χ4n) is 4.02. The molecule has 11 heteroatoms. The second-order valence-electron chi connectivity index (χ2n) is 10.7. The molecule has 0 saturated carbocycles. The van der Waals surface area contributed by atoms with Crippen molar-refractivity contribution in [2.45, 2.75) is 49.2 Å². The standard InChI is InChI=1S/C20H21ClO4.C15H13N3O2S/c1-13(2)24-19(23)20(3,4)25-17-11-7-15(8-12-17)18(22)14-5-9-16(21)10-6-14;1-20-15(19)18-14-16-12-8-7-11(9-13(12)17-14)21-10-5-3-2-4-6-10/h5-13H,1-4H3;2-9H,1H3,(H2,16,17,18,19). The number of esters is 1. The van der Waals surface area contributed by atoms with Gasteiger partial charge in [-0.2, -0.15) is 0 Å². The molecule has 1 aromatic heterocycles. The summed E-state index contributed by atoms with van der Waals surface area (Å²) < 4.78 is 15.4. The number of ether oxygens (including phenoxy) is 3. The van der Waals surface area contributed by atoms with E-state index >= 15 is 0 Å². The number of benzene rings is 4. The molecule has 4 aromatic carbocycles. The number of carbonyl (C=O) groups is 3. The molecule has 1 amide bonds. The van der Waals surface area contributed by atoms with Gasteiger partial charge in [0, 0.05) is 25.9 Å². The van der Waals surface area contributed by atoms with Crippen molar-refractivity contribution >= 4 is 58.2 Å². The van der Waals surface area contributed by atoms with Crippen molar-refractivity contribution in [3.05, 3.63) is 113 Å². The number of H-pyrrole nitrogens is 1. The maximum atomic E-state index is 12.4. The highest BCUT2D eigenvalue weighted by Crippen LogP contribution is 2.30. The first-order chi connectivity index (χ1) is 21.9. The average molecular weight is 660 g/mol. The zero-order valence-electron chi connectivity index (χ0n) is 26.0. The third kappa shape index (κ3) is 9.60. The van der Waals surface area contributed by atoms with Gasteiger partial charge < -0.3 is 19.2 Å². The summed E-state index contributed by atoms with van der Waals surface area (Å²) in [7, 11) is 1.31. The van der Waals surface area contributed by atoms with Gasteiger partial charge in [0.25, 0.3) is 0 Å². The number of nitrogens with one attached hydrogen (secondary N) is 2. The summed E-state index contributed by atoms with van der Waals surface area (Å²) >= 11 is 7.51. The topological polar surface area (TPSA) is 120 Å². The fraction of sp³-hybridized carbons (Fsp3) is 0.200. The van der Waals surface area contributed by atoms with E-state index in [0.29, 0.717) is 27.8 Å². The van der Waals surface area contributed by atoms with Crippen molar-refractivity contribution < 1.29 is 28.6 Å². The summed E-state index contributed by atoms with van der Waals surface area (Å²) in [5.74, 6) is 0.308. The molecule has 0 aliphatic heterocycles. The molecule has 0 atom stereocenters. The number of amides is 1. The Morgan fingerprint density at radius 1 is 0.870 bits per heavy atom. The van der Waals surface area contributed by atoms with Gasteiger partial charge in [-0.15, -0.1) is 0 Å². The number of imidazole rings is 1. The Morgan fingerprint density at radius 2 is 1.50 bits per heavy atom. The third-order valence-corrected chi connectivity index (χ3v) is 7.52. The predicted molar refractivity (Wildman–Crippen MR) is 180 cm³/mol. The highest BCUT2D eigenvalue weighted by Gasteiger charge is 2.32. The highest BCUT2D eigenvalue weighted by atomic mass is 35.5. The van der Waals surface area contributed by atoms with Crippen LogP contribution in [0, 0.1) is 0 Å². The summed E-state index contributed by atoms with van der Waals surface area (Å²) in [6.07, 6.45) is -0.761. The average Bonchev–Trinajstić information content (AvgIpc) is 3.43. The minimum atomic E-state index is -1.12. The zero-order chi connectivity index (χ0) is 33.3. The van der Waals surface area contributed by atoms with Crippen LogP contribution in [0.4, 0.5) is 10.7 Å². The second kappa shape index (κ2) is 15.5. The number of carbonyl (C=O) groups excluding carboxylic acids is 3. The molecule has 0 spiro atoms. The summed E-state index contributed by atoms with van der Waals surface area (Å²) in [4.78, 5) is 45.2. The van der Waals surface area contributed by atoms with E-state index in [2.05, 4.69) is 32.2 Å². The van der Waals surface area contributed by atoms with Gasteiger partial charge in [-0.25, -0.2) is 14.6 Å². The molecule has 0 fully saturated rings. The van der Waals surface area contributed by atoms with Gasteiger partial charge in [-0.1, -0.05) is 41.6 Å². The van der Waals surface area contributed by atoms with Gasteiger partial charge in [0.1, 0.15) is 5.75 Å². The number of aromatic nitrogens is 2. The van der Waals surface area contributed by atoms with Crippen LogP contribution in [0.1, 0.15) is 43.6 Å². The maximum absolute atomic E-state index is 12.4. The van der Waals surface area contributed by atoms with E-state index in [9.17, 15) is 14.4 Å². The number of rotatable bonds is 9. The van der Waals surface area contributed by atoms with E-state index in [0.717, 1.165) is 15.9 Å². The summed E-state index contributed by atoms with van der Waals surface area (Å²) in [6, 6.07) is 29.4. The van der Waals surface area contributed by atoms with Crippen LogP contribution in [-0.4, -0.2) is 46.6 Å². The van der Waals surface area contributed by atoms with Crippen LogP contribution in [0.3, 0.4) is 0 Å². The molecule has 46 heavy (non-hydrogen) atoms. The lowest BCUT2D eigenvalue weighted by molar-refractivity contribution is -0.163. The number of anilines is 1. The van der Waals surface area contributed by atoms with Gasteiger partial charge in [-0.05, 0) is 107 Å². The monoisotopic (exact) mass is 659 g/mol. The lowest BCUT2D eigenvalue weighted by Gasteiger charge is -2.25. The quantitative estimate of drug-likeness (QED) is 0.119. The molecule has 1 heterocycles. The Morgan fingerprint density at radius 3 is 2.11 bits per heavy atom. The Balaban J connectivity index is 0.000000211. The Kier molecular flexibility index (Phi) is 11.5. The molecule has 0 saturated heterocycles. The first-order valence-corrected chi connectivity index (χ1v) is 15.5.